The van der Waals surface area contributed by atoms with E-state index in [9.17, 15) is 5.11 Å². The van der Waals surface area contributed by atoms with Crippen LogP contribution in [0, 0.1) is 0 Å². The molecule has 0 saturated carbocycles. The van der Waals surface area contributed by atoms with Gasteiger partial charge in [0.1, 0.15) is 11.4 Å². The fourth-order valence-electron chi connectivity index (χ4n) is 3.13. The fourth-order valence-corrected chi connectivity index (χ4v) is 3.13. The van der Waals surface area contributed by atoms with Crippen molar-refractivity contribution in [3.63, 3.8) is 0 Å². The lowest BCUT2D eigenvalue weighted by Crippen LogP contribution is -2.36. The molecule has 0 bridgehead atoms. The van der Waals surface area contributed by atoms with Gasteiger partial charge in [-0.3, -0.25) is 4.90 Å². The van der Waals surface area contributed by atoms with Gasteiger partial charge in [-0.2, -0.15) is 0 Å². The summed E-state index contributed by atoms with van der Waals surface area (Å²) in [5.74, 6) is 0.279. The van der Waals surface area contributed by atoms with Crippen molar-refractivity contribution in [3.8, 4) is 5.75 Å². The lowest BCUT2D eigenvalue weighted by atomic mass is 10.1. The first-order valence-corrected chi connectivity index (χ1v) is 7.06. The van der Waals surface area contributed by atoms with Crippen molar-refractivity contribution in [2.24, 2.45) is 0 Å². The van der Waals surface area contributed by atoms with E-state index >= 15 is 0 Å². The molecular weight excluding hydrogens is 238 g/mol. The molecule has 0 aromatic carbocycles. The number of likely N-dealkylation sites (tertiary alicyclic amines) is 1. The Labute approximate surface area is 113 Å². The second-order valence-electron chi connectivity index (χ2n) is 5.72. The summed E-state index contributed by atoms with van der Waals surface area (Å²) in [6, 6.07) is 4.75. The lowest BCUT2D eigenvalue weighted by Gasteiger charge is -2.27. The third-order valence-electron chi connectivity index (χ3n) is 4.02. The van der Waals surface area contributed by atoms with E-state index in [-0.39, 0.29) is 5.75 Å². The van der Waals surface area contributed by atoms with Gasteiger partial charge in [-0.05, 0) is 45.4 Å². The zero-order chi connectivity index (χ0) is 13.4. The first-order chi connectivity index (χ1) is 9.13. The molecule has 2 aromatic rings. The van der Waals surface area contributed by atoms with Gasteiger partial charge in [0.2, 0.25) is 0 Å². The number of nitrogens with zero attached hydrogens (tertiary/aromatic N) is 3. The Kier molecular flexibility index (Phi) is 3.19. The molecule has 1 N–H and O–H groups in total. The highest BCUT2D eigenvalue weighted by atomic mass is 16.3. The van der Waals surface area contributed by atoms with Crippen molar-refractivity contribution in [3.05, 3.63) is 30.2 Å². The summed E-state index contributed by atoms with van der Waals surface area (Å²) in [5.41, 5.74) is 2.02. The molecule has 0 amide bonds. The molecule has 1 atom stereocenters. The number of pyridine rings is 1. The highest BCUT2D eigenvalue weighted by Gasteiger charge is 2.27. The van der Waals surface area contributed by atoms with Gasteiger partial charge in [0.15, 0.2) is 0 Å². The van der Waals surface area contributed by atoms with Crippen molar-refractivity contribution in [2.75, 3.05) is 6.54 Å². The van der Waals surface area contributed by atoms with Gasteiger partial charge >= 0.3 is 0 Å². The lowest BCUT2D eigenvalue weighted by molar-refractivity contribution is 0.202. The second-order valence-corrected chi connectivity index (χ2v) is 5.72. The number of hydrogen-bond acceptors (Lipinski definition) is 3. The molecule has 19 heavy (non-hydrogen) atoms. The van der Waals surface area contributed by atoms with Gasteiger partial charge in [0.25, 0.3) is 0 Å². The van der Waals surface area contributed by atoms with Crippen molar-refractivity contribution >= 4 is 5.65 Å². The monoisotopic (exact) mass is 259 g/mol. The molecule has 4 nitrogen and oxygen atoms in total. The molecule has 102 valence electrons. The van der Waals surface area contributed by atoms with E-state index in [0.717, 1.165) is 17.8 Å². The number of aromatic nitrogens is 2. The molecular formula is C15H21N3O. The molecule has 1 aliphatic heterocycles. The van der Waals surface area contributed by atoms with Crippen molar-refractivity contribution < 1.29 is 5.11 Å². The molecule has 1 aliphatic rings. The molecule has 3 heterocycles. The second kappa shape index (κ2) is 4.85. The van der Waals surface area contributed by atoms with Crippen LogP contribution in [-0.4, -0.2) is 38.0 Å². The number of fused-ring (bicyclic) bond motifs is 1. The predicted molar refractivity (Wildman–Crippen MR) is 75.4 cm³/mol. The smallest absolute Gasteiger partial charge is 0.137 e. The molecule has 1 fully saturated rings. The highest BCUT2D eigenvalue weighted by molar-refractivity contribution is 5.42. The van der Waals surface area contributed by atoms with Gasteiger partial charge in [0.05, 0.1) is 11.9 Å². The van der Waals surface area contributed by atoms with E-state index in [0.29, 0.717) is 12.1 Å². The van der Waals surface area contributed by atoms with Gasteiger partial charge in [-0.1, -0.05) is 0 Å². The maximum atomic E-state index is 9.48. The van der Waals surface area contributed by atoms with Crippen molar-refractivity contribution in [1.82, 2.24) is 14.3 Å². The molecule has 4 heteroatoms. The zero-order valence-electron chi connectivity index (χ0n) is 11.6. The van der Waals surface area contributed by atoms with E-state index in [4.69, 9.17) is 0 Å². The Hall–Kier alpha value is -1.55. The van der Waals surface area contributed by atoms with Crippen LogP contribution in [0.1, 0.15) is 32.4 Å². The van der Waals surface area contributed by atoms with E-state index in [1.54, 1.807) is 12.3 Å². The summed E-state index contributed by atoms with van der Waals surface area (Å²) in [7, 11) is 0. The fraction of sp³-hybridized carbons (Fsp3) is 0.533. The minimum atomic E-state index is 0.279. The van der Waals surface area contributed by atoms with E-state index in [1.807, 2.05) is 16.7 Å². The molecule has 3 rings (SSSR count). The average Bonchev–Trinajstić information content (AvgIpc) is 2.95. The third-order valence-corrected chi connectivity index (χ3v) is 4.02. The van der Waals surface area contributed by atoms with Crippen LogP contribution in [0.4, 0.5) is 0 Å². The zero-order valence-corrected chi connectivity index (χ0v) is 11.6. The molecule has 1 unspecified atom stereocenters. The highest BCUT2D eigenvalue weighted by Crippen LogP contribution is 2.23. The summed E-state index contributed by atoms with van der Waals surface area (Å²) in [4.78, 5) is 7.21. The van der Waals surface area contributed by atoms with Gasteiger partial charge in [0, 0.05) is 24.7 Å². The standard InChI is InChI=1S/C15H21N3O/c1-11(2)18-7-3-4-13(18)8-12-9-17-10-14(19)5-6-15(17)16-12/h5-6,9-11,13,19H,3-4,7-8H2,1-2H3. The van der Waals surface area contributed by atoms with E-state index in [1.165, 1.54) is 19.4 Å². The van der Waals surface area contributed by atoms with Gasteiger partial charge in [-0.25, -0.2) is 4.98 Å². The van der Waals surface area contributed by atoms with Crippen LogP contribution >= 0.6 is 0 Å². The van der Waals surface area contributed by atoms with E-state index < -0.39 is 0 Å². The van der Waals surface area contributed by atoms with Crippen LogP contribution in [0.25, 0.3) is 5.65 Å². The van der Waals surface area contributed by atoms with E-state index in [2.05, 4.69) is 23.7 Å². The van der Waals surface area contributed by atoms with Crippen LogP contribution in [0.3, 0.4) is 0 Å². The van der Waals surface area contributed by atoms with Gasteiger partial charge in [-0.15, -0.1) is 0 Å². The number of aromatic hydroxyl groups is 1. The molecule has 0 spiro atoms. The molecule has 0 radical (unpaired) electrons. The van der Waals surface area contributed by atoms with Crippen LogP contribution in [0.5, 0.6) is 5.75 Å². The normalized spacial score (nSPS) is 20.7. The van der Waals surface area contributed by atoms with Crippen molar-refractivity contribution in [2.45, 2.75) is 45.2 Å². The Balaban J connectivity index is 1.81. The topological polar surface area (TPSA) is 40.8 Å². The number of hydrogen-bond donors (Lipinski definition) is 1. The van der Waals surface area contributed by atoms with Crippen LogP contribution in [-0.2, 0) is 6.42 Å². The number of rotatable bonds is 3. The summed E-state index contributed by atoms with van der Waals surface area (Å²) in [6.07, 6.45) is 7.29. The maximum absolute atomic E-state index is 9.48. The van der Waals surface area contributed by atoms with Crippen LogP contribution in [0.2, 0.25) is 0 Å². The Morgan fingerprint density at radius 2 is 2.21 bits per heavy atom. The Morgan fingerprint density at radius 1 is 1.37 bits per heavy atom. The maximum Gasteiger partial charge on any atom is 0.137 e. The summed E-state index contributed by atoms with van der Waals surface area (Å²) >= 11 is 0. The average molecular weight is 259 g/mol. The molecule has 0 aliphatic carbocycles. The van der Waals surface area contributed by atoms with Crippen LogP contribution in [0.15, 0.2) is 24.5 Å². The first kappa shape index (κ1) is 12.5. The SMILES string of the molecule is CC(C)N1CCCC1Cc1cn2cc(O)ccc2n1. The molecule has 1 saturated heterocycles. The van der Waals surface area contributed by atoms with Gasteiger partial charge < -0.3 is 9.51 Å². The van der Waals surface area contributed by atoms with Crippen molar-refractivity contribution in [1.29, 1.82) is 0 Å². The predicted octanol–water partition coefficient (Wildman–Crippen LogP) is 2.46. The summed E-state index contributed by atoms with van der Waals surface area (Å²) < 4.78 is 1.90. The summed E-state index contributed by atoms with van der Waals surface area (Å²) in [6.45, 7) is 5.73. The molecule has 2 aromatic heterocycles. The Bertz CT molecular complexity index is 576. The largest absolute Gasteiger partial charge is 0.506 e. The number of imidazole rings is 1. The summed E-state index contributed by atoms with van der Waals surface area (Å²) in [5, 5.41) is 9.48. The Morgan fingerprint density at radius 3 is 3.00 bits per heavy atom. The van der Waals surface area contributed by atoms with Crippen LogP contribution < -0.4 is 0 Å². The first-order valence-electron chi connectivity index (χ1n) is 7.06. The quantitative estimate of drug-likeness (QED) is 0.920. The minimum absolute atomic E-state index is 0.279. The minimum Gasteiger partial charge on any atom is -0.506 e. The third kappa shape index (κ3) is 2.45.